The summed E-state index contributed by atoms with van der Waals surface area (Å²) in [5.74, 6) is 1.67. The van der Waals surface area contributed by atoms with Crippen LogP contribution in [0.1, 0.15) is 48.5 Å². The van der Waals surface area contributed by atoms with Crippen LogP contribution in [0.2, 0.25) is 0 Å². The second-order valence-corrected chi connectivity index (χ2v) is 10.3. The van der Waals surface area contributed by atoms with Crippen molar-refractivity contribution >= 4 is 21.6 Å². The Kier molecular flexibility index (Phi) is 5.49. The van der Waals surface area contributed by atoms with Crippen molar-refractivity contribution in [2.75, 3.05) is 5.32 Å². The van der Waals surface area contributed by atoms with E-state index in [-0.39, 0.29) is 16.8 Å². The molecule has 4 atom stereocenters. The molecule has 2 N–H and O–H groups in total. The molecule has 0 aromatic heterocycles. The molecule has 2 bridgehead atoms. The van der Waals surface area contributed by atoms with Gasteiger partial charge < -0.3 is 5.32 Å². The van der Waals surface area contributed by atoms with Gasteiger partial charge in [-0.2, -0.15) is 0 Å². The van der Waals surface area contributed by atoms with E-state index in [1.807, 2.05) is 26.0 Å². The summed E-state index contributed by atoms with van der Waals surface area (Å²) in [6.07, 6.45) is 4.93. The van der Waals surface area contributed by atoms with Crippen LogP contribution in [0, 0.1) is 24.7 Å². The molecule has 0 radical (unpaired) electrons. The van der Waals surface area contributed by atoms with Gasteiger partial charge in [-0.1, -0.05) is 24.1 Å². The molecule has 1 amide bonds. The zero-order valence-electron chi connectivity index (χ0n) is 16.9. The van der Waals surface area contributed by atoms with E-state index in [1.165, 1.54) is 19.3 Å². The molecule has 0 aliphatic heterocycles. The quantitative estimate of drug-likeness (QED) is 0.741. The first-order valence-corrected chi connectivity index (χ1v) is 11.8. The Morgan fingerprint density at radius 2 is 1.69 bits per heavy atom. The van der Waals surface area contributed by atoms with Crippen LogP contribution in [0.25, 0.3) is 0 Å². The number of carbonyl (C=O) groups is 1. The zero-order chi connectivity index (χ0) is 20.6. The molecule has 6 heteroatoms. The monoisotopic (exact) mass is 412 g/mol. The SMILES string of the molecule is Cc1ccc(C(=O)Nc2ccc(S(=O)(=O)N[C@@H](C)[C@H]3C[C@H]4CC[C@H]3C4)cc2)cc1. The van der Waals surface area contributed by atoms with Crippen molar-refractivity contribution in [2.45, 2.75) is 50.5 Å². The van der Waals surface area contributed by atoms with E-state index in [0.29, 0.717) is 23.1 Å². The molecule has 2 aliphatic rings. The van der Waals surface area contributed by atoms with Gasteiger partial charge in [0.1, 0.15) is 0 Å². The first-order valence-electron chi connectivity index (χ1n) is 10.3. The molecule has 2 aliphatic carbocycles. The first-order chi connectivity index (χ1) is 13.8. The third-order valence-electron chi connectivity index (χ3n) is 6.51. The van der Waals surface area contributed by atoms with Crippen molar-refractivity contribution < 1.29 is 13.2 Å². The fourth-order valence-electron chi connectivity index (χ4n) is 4.93. The maximum atomic E-state index is 12.8. The number of hydrogen-bond donors (Lipinski definition) is 2. The summed E-state index contributed by atoms with van der Waals surface area (Å²) >= 11 is 0. The van der Waals surface area contributed by atoms with Crippen molar-refractivity contribution in [3.05, 3.63) is 59.7 Å². The van der Waals surface area contributed by atoms with Crippen LogP contribution in [-0.2, 0) is 10.0 Å². The smallest absolute Gasteiger partial charge is 0.255 e. The van der Waals surface area contributed by atoms with E-state index in [2.05, 4.69) is 10.0 Å². The Labute approximate surface area is 173 Å². The lowest BCUT2D eigenvalue weighted by atomic mass is 9.84. The predicted molar refractivity (Wildman–Crippen MR) is 114 cm³/mol. The van der Waals surface area contributed by atoms with E-state index in [9.17, 15) is 13.2 Å². The molecule has 2 aromatic rings. The van der Waals surface area contributed by atoms with E-state index in [1.54, 1.807) is 36.4 Å². The van der Waals surface area contributed by atoms with Gasteiger partial charge >= 0.3 is 0 Å². The Hall–Kier alpha value is -2.18. The predicted octanol–water partition coefficient (Wildman–Crippen LogP) is 4.35. The molecule has 2 aromatic carbocycles. The first kappa shape index (κ1) is 20.1. The minimum absolute atomic E-state index is 0.0591. The van der Waals surface area contributed by atoms with E-state index < -0.39 is 10.0 Å². The van der Waals surface area contributed by atoms with Crippen LogP contribution in [0.15, 0.2) is 53.4 Å². The number of benzene rings is 2. The van der Waals surface area contributed by atoms with Gasteiger partial charge in [0.15, 0.2) is 0 Å². The molecule has 0 saturated heterocycles. The number of carbonyl (C=O) groups excluding carboxylic acids is 1. The highest BCUT2D eigenvalue weighted by molar-refractivity contribution is 7.89. The Balaban J connectivity index is 1.40. The molecule has 2 saturated carbocycles. The van der Waals surface area contributed by atoms with Gasteiger partial charge in [0.25, 0.3) is 5.91 Å². The molecule has 0 spiro atoms. The summed E-state index contributed by atoms with van der Waals surface area (Å²) in [6.45, 7) is 3.95. The van der Waals surface area contributed by atoms with Crippen LogP contribution in [0.4, 0.5) is 5.69 Å². The standard InChI is InChI=1S/C23H28N2O3S/c1-15-3-6-18(7-4-15)23(26)24-20-9-11-21(12-10-20)29(27,28)25-16(2)22-14-17-5-8-19(22)13-17/h3-4,6-7,9-12,16-17,19,22,25H,5,8,13-14H2,1-2H3,(H,24,26)/t16-,17-,19-,22+/m0/s1. The fraction of sp³-hybridized carbons (Fsp3) is 0.435. The second kappa shape index (κ2) is 7.92. The van der Waals surface area contributed by atoms with Crippen molar-refractivity contribution in [1.82, 2.24) is 4.72 Å². The van der Waals surface area contributed by atoms with Gasteiger partial charge in [0.05, 0.1) is 4.90 Å². The number of aryl methyl sites for hydroxylation is 1. The number of nitrogens with one attached hydrogen (secondary N) is 2. The second-order valence-electron chi connectivity index (χ2n) is 8.59. The van der Waals surface area contributed by atoms with E-state index in [0.717, 1.165) is 17.9 Å². The third kappa shape index (κ3) is 4.38. The summed E-state index contributed by atoms with van der Waals surface area (Å²) in [7, 11) is -3.58. The van der Waals surface area contributed by atoms with Crippen LogP contribution >= 0.6 is 0 Å². The maximum Gasteiger partial charge on any atom is 0.255 e. The molecule has 29 heavy (non-hydrogen) atoms. The average Bonchev–Trinajstić information content (AvgIpc) is 3.32. The number of rotatable bonds is 6. The van der Waals surface area contributed by atoms with Crippen LogP contribution in [0.5, 0.6) is 0 Å². The topological polar surface area (TPSA) is 75.3 Å². The maximum absolute atomic E-state index is 12.8. The normalized spacial score (nSPS) is 24.4. The lowest BCUT2D eigenvalue weighted by molar-refractivity contribution is 0.102. The van der Waals surface area contributed by atoms with Gasteiger partial charge in [-0.25, -0.2) is 13.1 Å². The lowest BCUT2D eigenvalue weighted by Crippen LogP contribution is -2.40. The number of fused-ring (bicyclic) bond motifs is 2. The van der Waals surface area contributed by atoms with Crippen LogP contribution < -0.4 is 10.0 Å². The minimum Gasteiger partial charge on any atom is -0.322 e. The van der Waals surface area contributed by atoms with Gasteiger partial charge in [0.2, 0.25) is 10.0 Å². The number of hydrogen-bond acceptors (Lipinski definition) is 3. The summed E-state index contributed by atoms with van der Waals surface area (Å²) in [4.78, 5) is 12.5. The Morgan fingerprint density at radius 1 is 1.00 bits per heavy atom. The highest BCUT2D eigenvalue weighted by Crippen LogP contribution is 2.49. The van der Waals surface area contributed by atoms with Crippen molar-refractivity contribution in [1.29, 1.82) is 0 Å². The van der Waals surface area contributed by atoms with Gasteiger partial charge in [-0.3, -0.25) is 4.79 Å². The molecule has 154 valence electrons. The van der Waals surface area contributed by atoms with Crippen molar-refractivity contribution in [3.63, 3.8) is 0 Å². The van der Waals surface area contributed by atoms with E-state index in [4.69, 9.17) is 0 Å². The number of sulfonamides is 1. The fourth-order valence-corrected chi connectivity index (χ4v) is 6.23. The van der Waals surface area contributed by atoms with E-state index >= 15 is 0 Å². The molecule has 5 nitrogen and oxygen atoms in total. The summed E-state index contributed by atoms with van der Waals surface area (Å²) in [6, 6.07) is 13.6. The third-order valence-corrected chi connectivity index (χ3v) is 8.09. The average molecular weight is 413 g/mol. The summed E-state index contributed by atoms with van der Waals surface area (Å²) in [5.41, 5.74) is 2.22. The zero-order valence-corrected chi connectivity index (χ0v) is 17.7. The van der Waals surface area contributed by atoms with Crippen LogP contribution in [0.3, 0.4) is 0 Å². The van der Waals surface area contributed by atoms with Crippen LogP contribution in [-0.4, -0.2) is 20.4 Å². The van der Waals surface area contributed by atoms with Crippen molar-refractivity contribution in [2.24, 2.45) is 17.8 Å². The van der Waals surface area contributed by atoms with Gasteiger partial charge in [0, 0.05) is 17.3 Å². The number of amides is 1. The molecule has 4 rings (SSSR count). The Morgan fingerprint density at radius 3 is 2.28 bits per heavy atom. The molecule has 0 unspecified atom stereocenters. The molecule has 0 heterocycles. The minimum atomic E-state index is -3.58. The highest BCUT2D eigenvalue weighted by atomic mass is 32.2. The lowest BCUT2D eigenvalue weighted by Gasteiger charge is -2.28. The van der Waals surface area contributed by atoms with Gasteiger partial charge in [-0.15, -0.1) is 0 Å². The summed E-state index contributed by atoms with van der Waals surface area (Å²) in [5, 5.41) is 2.81. The van der Waals surface area contributed by atoms with Crippen molar-refractivity contribution in [3.8, 4) is 0 Å². The molecular weight excluding hydrogens is 384 g/mol. The summed E-state index contributed by atoms with van der Waals surface area (Å²) < 4.78 is 28.5. The van der Waals surface area contributed by atoms with Gasteiger partial charge in [-0.05, 0) is 87.3 Å². The molecular formula is C23H28N2O3S. The Bertz CT molecular complexity index is 984. The number of anilines is 1. The molecule has 2 fully saturated rings. The highest BCUT2D eigenvalue weighted by Gasteiger charge is 2.42. The largest absolute Gasteiger partial charge is 0.322 e.